The van der Waals surface area contributed by atoms with Crippen LogP contribution in [0.1, 0.15) is 36.7 Å². The Labute approximate surface area is 145 Å². The molecular weight excluding hydrogens is 326 g/mol. The number of esters is 1. The van der Waals surface area contributed by atoms with E-state index in [0.717, 1.165) is 5.56 Å². The van der Waals surface area contributed by atoms with E-state index < -0.39 is 11.6 Å². The van der Waals surface area contributed by atoms with E-state index in [1.165, 1.54) is 11.3 Å². The molecule has 2 amide bonds. The smallest absolute Gasteiger partial charge is 0.341 e. The number of amides is 2. The lowest BCUT2D eigenvalue weighted by Gasteiger charge is -2.19. The van der Waals surface area contributed by atoms with Gasteiger partial charge in [-0.05, 0) is 50.3 Å². The highest BCUT2D eigenvalue weighted by Crippen LogP contribution is 2.25. The lowest BCUT2D eigenvalue weighted by molar-refractivity contribution is 0.00713. The van der Waals surface area contributed by atoms with Gasteiger partial charge < -0.3 is 10.1 Å². The van der Waals surface area contributed by atoms with Crippen molar-refractivity contribution in [3.8, 4) is 0 Å². The van der Waals surface area contributed by atoms with Gasteiger partial charge in [-0.1, -0.05) is 6.07 Å². The van der Waals surface area contributed by atoms with Crippen LogP contribution in [0.4, 0.5) is 9.80 Å². The lowest BCUT2D eigenvalue weighted by atomic mass is 10.2. The number of hydrogen-bond donors (Lipinski definition) is 2. The van der Waals surface area contributed by atoms with Gasteiger partial charge in [0.25, 0.3) is 0 Å². The standard InChI is InChI=1S/C17H21N3O3S/c1-17(2,3)23-15(21)13-7-10-24-14(13)20-16(22)19-9-6-12-5-4-8-18-11-12/h4-5,7-8,10-11H,6,9H2,1-3H3,(H2,19,20,22). The molecular formula is C17H21N3O3S. The number of carbonyl (C=O) groups excluding carboxylic acids is 2. The van der Waals surface area contributed by atoms with Gasteiger partial charge in [0, 0.05) is 18.9 Å². The Balaban J connectivity index is 1.86. The molecule has 0 fully saturated rings. The molecule has 0 unspecified atom stereocenters. The highest BCUT2D eigenvalue weighted by molar-refractivity contribution is 7.14. The monoisotopic (exact) mass is 347 g/mol. The predicted octanol–water partition coefficient (Wildman–Crippen LogP) is 3.46. The Morgan fingerprint density at radius 3 is 2.75 bits per heavy atom. The van der Waals surface area contributed by atoms with Crippen molar-refractivity contribution >= 4 is 28.3 Å². The van der Waals surface area contributed by atoms with Gasteiger partial charge >= 0.3 is 12.0 Å². The zero-order valence-electron chi connectivity index (χ0n) is 14.0. The molecule has 0 aliphatic heterocycles. The summed E-state index contributed by atoms with van der Waals surface area (Å²) in [6.45, 7) is 5.88. The van der Waals surface area contributed by atoms with Crippen molar-refractivity contribution in [1.29, 1.82) is 0 Å². The molecule has 0 saturated carbocycles. The van der Waals surface area contributed by atoms with Crippen LogP contribution in [0.25, 0.3) is 0 Å². The molecule has 2 aromatic rings. The van der Waals surface area contributed by atoms with Gasteiger partial charge in [0.05, 0.1) is 5.56 Å². The molecule has 0 saturated heterocycles. The number of ether oxygens (including phenoxy) is 1. The maximum absolute atomic E-state index is 12.1. The Bertz CT molecular complexity index is 693. The second-order valence-corrected chi connectivity index (χ2v) is 7.07. The van der Waals surface area contributed by atoms with Gasteiger partial charge in [-0.25, -0.2) is 9.59 Å². The second-order valence-electron chi connectivity index (χ2n) is 6.16. The molecule has 0 aromatic carbocycles. The summed E-state index contributed by atoms with van der Waals surface area (Å²) in [4.78, 5) is 28.1. The highest BCUT2D eigenvalue weighted by Gasteiger charge is 2.21. The van der Waals surface area contributed by atoms with Gasteiger partial charge in [0.15, 0.2) is 0 Å². The third-order valence-electron chi connectivity index (χ3n) is 2.93. The minimum atomic E-state index is -0.581. The number of rotatable bonds is 5. The summed E-state index contributed by atoms with van der Waals surface area (Å²) in [5.74, 6) is -0.450. The van der Waals surface area contributed by atoms with Crippen molar-refractivity contribution in [2.45, 2.75) is 32.8 Å². The van der Waals surface area contributed by atoms with E-state index in [2.05, 4.69) is 15.6 Å². The molecule has 0 spiro atoms. The Hall–Kier alpha value is -2.41. The quantitative estimate of drug-likeness (QED) is 0.812. The van der Waals surface area contributed by atoms with E-state index >= 15 is 0 Å². The van der Waals surface area contributed by atoms with Crippen molar-refractivity contribution in [2.24, 2.45) is 0 Å². The van der Waals surface area contributed by atoms with Gasteiger partial charge in [0.2, 0.25) is 0 Å². The maximum Gasteiger partial charge on any atom is 0.341 e. The summed E-state index contributed by atoms with van der Waals surface area (Å²) in [5.41, 5.74) is 0.822. The molecule has 2 N–H and O–H groups in total. The number of urea groups is 1. The average molecular weight is 347 g/mol. The normalized spacial score (nSPS) is 11.0. The predicted molar refractivity (Wildman–Crippen MR) is 94.4 cm³/mol. The van der Waals surface area contributed by atoms with Crippen molar-refractivity contribution in [1.82, 2.24) is 10.3 Å². The van der Waals surface area contributed by atoms with E-state index in [1.54, 1.807) is 44.6 Å². The van der Waals surface area contributed by atoms with E-state index in [0.29, 0.717) is 23.5 Å². The molecule has 6 nitrogen and oxygen atoms in total. The Morgan fingerprint density at radius 1 is 1.29 bits per heavy atom. The number of aromatic nitrogens is 1. The lowest BCUT2D eigenvalue weighted by Crippen LogP contribution is -2.31. The number of hydrogen-bond acceptors (Lipinski definition) is 5. The number of nitrogens with zero attached hydrogens (tertiary/aromatic N) is 1. The van der Waals surface area contributed by atoms with Crippen molar-refractivity contribution in [2.75, 3.05) is 11.9 Å². The first-order valence-electron chi connectivity index (χ1n) is 7.60. The number of anilines is 1. The van der Waals surface area contributed by atoms with E-state index in [-0.39, 0.29) is 6.03 Å². The largest absolute Gasteiger partial charge is 0.456 e. The highest BCUT2D eigenvalue weighted by atomic mass is 32.1. The molecule has 0 bridgehead atoms. The van der Waals surface area contributed by atoms with Crippen molar-refractivity contribution in [3.63, 3.8) is 0 Å². The molecule has 7 heteroatoms. The minimum absolute atomic E-state index is 0.355. The fraction of sp³-hybridized carbons (Fsp3) is 0.353. The second kappa shape index (κ2) is 7.92. The summed E-state index contributed by atoms with van der Waals surface area (Å²) in [5, 5.41) is 7.67. The Morgan fingerprint density at radius 2 is 2.08 bits per heavy atom. The first kappa shape index (κ1) is 17.9. The molecule has 0 radical (unpaired) electrons. The van der Waals surface area contributed by atoms with E-state index in [1.807, 2.05) is 12.1 Å². The number of pyridine rings is 1. The molecule has 2 heterocycles. The topological polar surface area (TPSA) is 80.3 Å². The average Bonchev–Trinajstić information content (AvgIpc) is 2.95. The molecule has 24 heavy (non-hydrogen) atoms. The summed E-state index contributed by atoms with van der Waals surface area (Å²) >= 11 is 1.28. The van der Waals surface area contributed by atoms with Gasteiger partial charge in [-0.15, -0.1) is 11.3 Å². The van der Waals surface area contributed by atoms with Crippen LogP contribution in [0, 0.1) is 0 Å². The van der Waals surface area contributed by atoms with Crippen molar-refractivity contribution in [3.05, 3.63) is 47.1 Å². The molecule has 0 atom stereocenters. The van der Waals surface area contributed by atoms with Crippen LogP contribution in [0.15, 0.2) is 36.0 Å². The van der Waals surface area contributed by atoms with Crippen molar-refractivity contribution < 1.29 is 14.3 Å². The molecule has 0 aliphatic carbocycles. The van der Waals surface area contributed by atoms with Crippen LogP contribution in [0.3, 0.4) is 0 Å². The Kier molecular flexibility index (Phi) is 5.92. The maximum atomic E-state index is 12.1. The molecule has 2 aromatic heterocycles. The summed E-state index contributed by atoms with van der Waals surface area (Å²) in [6.07, 6.45) is 4.16. The first-order chi connectivity index (χ1) is 11.3. The van der Waals surface area contributed by atoms with Crippen LogP contribution in [-0.4, -0.2) is 29.1 Å². The molecule has 0 aliphatic rings. The fourth-order valence-corrected chi connectivity index (χ4v) is 2.68. The van der Waals surface area contributed by atoms with Gasteiger partial charge in [-0.2, -0.15) is 0 Å². The number of thiophene rings is 1. The van der Waals surface area contributed by atoms with Crippen LogP contribution in [0.2, 0.25) is 0 Å². The number of carbonyl (C=O) groups is 2. The minimum Gasteiger partial charge on any atom is -0.456 e. The molecule has 128 valence electrons. The first-order valence-corrected chi connectivity index (χ1v) is 8.48. The third-order valence-corrected chi connectivity index (χ3v) is 3.76. The zero-order chi connectivity index (χ0) is 17.6. The van der Waals surface area contributed by atoms with Crippen LogP contribution >= 0.6 is 11.3 Å². The van der Waals surface area contributed by atoms with Gasteiger partial charge in [-0.3, -0.25) is 10.3 Å². The SMILES string of the molecule is CC(C)(C)OC(=O)c1ccsc1NC(=O)NCCc1cccnc1. The fourth-order valence-electron chi connectivity index (χ4n) is 1.91. The van der Waals surface area contributed by atoms with Crippen LogP contribution < -0.4 is 10.6 Å². The summed E-state index contributed by atoms with van der Waals surface area (Å²) in [6, 6.07) is 5.09. The van der Waals surface area contributed by atoms with Gasteiger partial charge in [0.1, 0.15) is 10.6 Å². The molecule has 2 rings (SSSR count). The summed E-state index contributed by atoms with van der Waals surface area (Å²) < 4.78 is 5.33. The number of nitrogens with one attached hydrogen (secondary N) is 2. The summed E-state index contributed by atoms with van der Waals surface area (Å²) in [7, 11) is 0. The van der Waals surface area contributed by atoms with E-state index in [4.69, 9.17) is 4.74 Å². The zero-order valence-corrected chi connectivity index (χ0v) is 14.8. The van der Waals surface area contributed by atoms with Crippen LogP contribution in [0.5, 0.6) is 0 Å². The van der Waals surface area contributed by atoms with Crippen LogP contribution in [-0.2, 0) is 11.2 Å². The van der Waals surface area contributed by atoms with E-state index in [9.17, 15) is 9.59 Å². The third kappa shape index (κ3) is 5.66.